The summed E-state index contributed by atoms with van der Waals surface area (Å²) in [5.74, 6) is 0.371. The number of nitrogens with two attached hydrogens (primary N) is 1. The fourth-order valence-electron chi connectivity index (χ4n) is 1.49. The van der Waals surface area contributed by atoms with Gasteiger partial charge in [-0.25, -0.2) is 8.42 Å². The monoisotopic (exact) mass is 278 g/mol. The number of hydrogen-bond donors (Lipinski definition) is 2. The first-order valence-corrected chi connectivity index (χ1v) is 8.49. The van der Waals surface area contributed by atoms with Crippen LogP contribution in [0.5, 0.6) is 0 Å². The van der Waals surface area contributed by atoms with E-state index in [1.54, 1.807) is 0 Å². The number of amides is 1. The second-order valence-corrected chi connectivity index (χ2v) is 7.47. The van der Waals surface area contributed by atoms with Gasteiger partial charge in [-0.15, -0.1) is 0 Å². The fourth-order valence-corrected chi connectivity index (χ4v) is 2.17. The summed E-state index contributed by atoms with van der Waals surface area (Å²) in [6.07, 6.45) is 4.48. The molecule has 0 aromatic carbocycles. The maximum Gasteiger partial charge on any atom is 0.236 e. The lowest BCUT2D eigenvalue weighted by molar-refractivity contribution is -0.122. The van der Waals surface area contributed by atoms with Gasteiger partial charge in [-0.3, -0.25) is 4.79 Å². The highest BCUT2D eigenvalue weighted by molar-refractivity contribution is 7.90. The van der Waals surface area contributed by atoms with Crippen molar-refractivity contribution in [2.75, 3.05) is 18.6 Å². The van der Waals surface area contributed by atoms with Crippen LogP contribution in [-0.4, -0.2) is 38.9 Å². The first-order valence-electron chi connectivity index (χ1n) is 6.43. The van der Waals surface area contributed by atoms with Crippen molar-refractivity contribution in [3.8, 4) is 0 Å². The van der Waals surface area contributed by atoms with Gasteiger partial charge < -0.3 is 11.1 Å². The predicted molar refractivity (Wildman–Crippen MR) is 74.0 cm³/mol. The van der Waals surface area contributed by atoms with Gasteiger partial charge in [0.25, 0.3) is 0 Å². The highest BCUT2D eigenvalue weighted by atomic mass is 32.2. The van der Waals surface area contributed by atoms with Crippen LogP contribution in [0.4, 0.5) is 0 Å². The first kappa shape index (κ1) is 17.4. The molecular weight excluding hydrogens is 252 g/mol. The van der Waals surface area contributed by atoms with Crippen molar-refractivity contribution in [1.29, 1.82) is 0 Å². The van der Waals surface area contributed by atoms with Crippen LogP contribution in [0.15, 0.2) is 0 Å². The Morgan fingerprint density at radius 2 is 1.83 bits per heavy atom. The van der Waals surface area contributed by atoms with E-state index in [2.05, 4.69) is 19.2 Å². The lowest BCUT2D eigenvalue weighted by Gasteiger charge is -2.11. The molecule has 0 aliphatic rings. The van der Waals surface area contributed by atoms with Crippen LogP contribution in [0.1, 0.15) is 39.5 Å². The SMILES string of the molecule is CC(C)CCCCNC(=O)C(N)CCS(C)(=O)=O. The molecule has 0 aromatic heterocycles. The van der Waals surface area contributed by atoms with Crippen LogP contribution in [-0.2, 0) is 14.6 Å². The number of rotatable bonds is 9. The van der Waals surface area contributed by atoms with Gasteiger partial charge >= 0.3 is 0 Å². The van der Waals surface area contributed by atoms with Gasteiger partial charge in [0.2, 0.25) is 5.91 Å². The Morgan fingerprint density at radius 1 is 1.22 bits per heavy atom. The van der Waals surface area contributed by atoms with Crippen LogP contribution in [0.25, 0.3) is 0 Å². The number of carbonyl (C=O) groups is 1. The molecule has 1 atom stereocenters. The van der Waals surface area contributed by atoms with E-state index in [1.165, 1.54) is 0 Å². The number of nitrogens with one attached hydrogen (secondary N) is 1. The normalized spacial score (nSPS) is 13.6. The third kappa shape index (κ3) is 10.5. The van der Waals surface area contributed by atoms with Crippen molar-refractivity contribution < 1.29 is 13.2 Å². The molecule has 0 saturated carbocycles. The summed E-state index contributed by atoms with van der Waals surface area (Å²) in [6, 6.07) is -0.732. The molecule has 0 radical (unpaired) electrons. The van der Waals surface area contributed by atoms with Crippen molar-refractivity contribution in [3.63, 3.8) is 0 Å². The smallest absolute Gasteiger partial charge is 0.236 e. The standard InChI is InChI=1S/C12H26N2O3S/c1-10(2)6-4-5-8-14-12(15)11(13)7-9-18(3,16)17/h10-11H,4-9,13H2,1-3H3,(H,14,15). The molecule has 6 heteroatoms. The van der Waals surface area contributed by atoms with Crippen LogP contribution in [0.2, 0.25) is 0 Å². The Hall–Kier alpha value is -0.620. The van der Waals surface area contributed by atoms with Crippen LogP contribution in [0.3, 0.4) is 0 Å². The maximum atomic E-state index is 11.5. The highest BCUT2D eigenvalue weighted by Gasteiger charge is 2.15. The van der Waals surface area contributed by atoms with E-state index in [4.69, 9.17) is 5.73 Å². The molecule has 5 nitrogen and oxygen atoms in total. The lowest BCUT2D eigenvalue weighted by Crippen LogP contribution is -2.41. The molecule has 1 unspecified atom stereocenters. The van der Waals surface area contributed by atoms with E-state index < -0.39 is 15.9 Å². The molecule has 0 spiro atoms. The highest BCUT2D eigenvalue weighted by Crippen LogP contribution is 2.05. The van der Waals surface area contributed by atoms with Gasteiger partial charge in [-0.05, 0) is 18.8 Å². The average Bonchev–Trinajstić information content (AvgIpc) is 2.23. The third-order valence-electron chi connectivity index (χ3n) is 2.64. The number of hydrogen-bond acceptors (Lipinski definition) is 4. The van der Waals surface area contributed by atoms with Crippen molar-refractivity contribution in [3.05, 3.63) is 0 Å². The Balaban J connectivity index is 3.69. The van der Waals surface area contributed by atoms with Gasteiger partial charge in [0.15, 0.2) is 0 Å². The van der Waals surface area contributed by atoms with Crippen LogP contribution in [0, 0.1) is 5.92 Å². The first-order chi connectivity index (χ1) is 8.22. The Kier molecular flexibility index (Phi) is 8.18. The van der Waals surface area contributed by atoms with E-state index >= 15 is 0 Å². The quantitative estimate of drug-likeness (QED) is 0.607. The molecule has 0 aliphatic carbocycles. The lowest BCUT2D eigenvalue weighted by atomic mass is 10.1. The molecule has 0 bridgehead atoms. The maximum absolute atomic E-state index is 11.5. The predicted octanol–water partition coefficient (Wildman–Crippen LogP) is 0.691. The zero-order valence-electron chi connectivity index (χ0n) is 11.6. The molecule has 0 heterocycles. The van der Waals surface area contributed by atoms with E-state index in [0.29, 0.717) is 12.5 Å². The van der Waals surface area contributed by atoms with Crippen molar-refractivity contribution in [1.82, 2.24) is 5.32 Å². The van der Waals surface area contributed by atoms with Crippen LogP contribution < -0.4 is 11.1 Å². The second kappa shape index (κ2) is 8.48. The summed E-state index contributed by atoms with van der Waals surface area (Å²) in [5.41, 5.74) is 5.61. The molecule has 0 fully saturated rings. The van der Waals surface area contributed by atoms with Crippen molar-refractivity contribution in [2.24, 2.45) is 11.7 Å². The Bertz CT molecular complexity index is 339. The summed E-state index contributed by atoms with van der Waals surface area (Å²) >= 11 is 0. The van der Waals surface area contributed by atoms with Gasteiger partial charge in [0.05, 0.1) is 11.8 Å². The number of carbonyl (C=O) groups excluding carboxylic acids is 1. The molecular formula is C12H26N2O3S. The summed E-state index contributed by atoms with van der Waals surface area (Å²) in [5, 5.41) is 2.73. The molecule has 3 N–H and O–H groups in total. The Morgan fingerprint density at radius 3 is 2.33 bits per heavy atom. The van der Waals surface area contributed by atoms with E-state index in [1.807, 2.05) is 0 Å². The van der Waals surface area contributed by atoms with E-state index in [9.17, 15) is 13.2 Å². The average molecular weight is 278 g/mol. The minimum Gasteiger partial charge on any atom is -0.355 e. The summed E-state index contributed by atoms with van der Waals surface area (Å²) in [6.45, 7) is 4.94. The summed E-state index contributed by atoms with van der Waals surface area (Å²) < 4.78 is 21.9. The molecule has 0 aliphatic heterocycles. The second-order valence-electron chi connectivity index (χ2n) is 5.21. The molecule has 0 aromatic rings. The van der Waals surface area contributed by atoms with Gasteiger partial charge in [0.1, 0.15) is 9.84 Å². The minimum atomic E-state index is -3.05. The molecule has 108 valence electrons. The van der Waals surface area contributed by atoms with Crippen molar-refractivity contribution >= 4 is 15.7 Å². The molecule has 0 rings (SSSR count). The van der Waals surface area contributed by atoms with Crippen molar-refractivity contribution in [2.45, 2.75) is 45.6 Å². The minimum absolute atomic E-state index is 0.0467. The van der Waals surface area contributed by atoms with E-state index in [-0.39, 0.29) is 18.1 Å². The number of sulfone groups is 1. The van der Waals surface area contributed by atoms with Gasteiger partial charge in [-0.1, -0.05) is 26.7 Å². The largest absolute Gasteiger partial charge is 0.355 e. The zero-order chi connectivity index (χ0) is 14.2. The summed E-state index contributed by atoms with van der Waals surface area (Å²) in [4.78, 5) is 11.5. The topological polar surface area (TPSA) is 89.3 Å². The summed E-state index contributed by atoms with van der Waals surface area (Å²) in [7, 11) is -3.05. The van der Waals surface area contributed by atoms with Gasteiger partial charge in [-0.2, -0.15) is 0 Å². The Labute approximate surface area is 110 Å². The fraction of sp³-hybridized carbons (Fsp3) is 0.917. The third-order valence-corrected chi connectivity index (χ3v) is 3.62. The molecule has 0 saturated heterocycles. The van der Waals surface area contributed by atoms with Gasteiger partial charge in [0, 0.05) is 12.8 Å². The molecule has 1 amide bonds. The number of unbranched alkanes of at least 4 members (excludes halogenated alkanes) is 1. The zero-order valence-corrected chi connectivity index (χ0v) is 12.4. The molecule has 18 heavy (non-hydrogen) atoms. The van der Waals surface area contributed by atoms with Crippen LogP contribution >= 0.6 is 0 Å². The van der Waals surface area contributed by atoms with E-state index in [0.717, 1.165) is 25.5 Å².